The molecule has 0 atom stereocenters. The van der Waals surface area contributed by atoms with Crippen LogP contribution in [0.1, 0.15) is 35.7 Å². The van der Waals surface area contributed by atoms with Crippen LogP contribution in [0.15, 0.2) is 78.9 Å². The minimum atomic E-state index is -0.433. The number of ether oxygens (including phenoxy) is 1. The van der Waals surface area contributed by atoms with Crippen molar-refractivity contribution in [1.29, 1.82) is 0 Å². The lowest BCUT2D eigenvalue weighted by atomic mass is 10.0. The normalized spacial score (nSPS) is 10.4. The first-order valence-corrected chi connectivity index (χ1v) is 9.51. The standard InChI is InChI=1S/C24H24N2O3/c1-17(2)21-10-6-7-11-22(21)29-16-23(27)25-26-24(28)20-14-12-19(13-15-20)18-8-4-3-5-9-18/h3-15,17H,16H2,1-2H3,(H,25,27)(H,26,28). The zero-order valence-electron chi connectivity index (χ0n) is 16.5. The highest BCUT2D eigenvalue weighted by atomic mass is 16.5. The van der Waals surface area contributed by atoms with Crippen molar-refractivity contribution in [3.63, 3.8) is 0 Å². The number of benzene rings is 3. The van der Waals surface area contributed by atoms with Gasteiger partial charge in [-0.25, -0.2) is 0 Å². The topological polar surface area (TPSA) is 67.4 Å². The van der Waals surface area contributed by atoms with Crippen LogP contribution in [0, 0.1) is 0 Å². The first-order chi connectivity index (χ1) is 14.0. The Morgan fingerprint density at radius 1 is 0.793 bits per heavy atom. The van der Waals surface area contributed by atoms with Gasteiger partial charge >= 0.3 is 0 Å². The van der Waals surface area contributed by atoms with E-state index in [2.05, 4.69) is 24.7 Å². The lowest BCUT2D eigenvalue weighted by Crippen LogP contribution is -2.43. The van der Waals surface area contributed by atoms with Crippen molar-refractivity contribution in [2.75, 3.05) is 6.61 Å². The third-order valence-corrected chi connectivity index (χ3v) is 4.47. The zero-order valence-corrected chi connectivity index (χ0v) is 16.5. The molecule has 0 heterocycles. The van der Waals surface area contributed by atoms with E-state index in [1.807, 2.05) is 66.7 Å². The van der Waals surface area contributed by atoms with Crippen LogP contribution < -0.4 is 15.6 Å². The van der Waals surface area contributed by atoms with Crippen molar-refractivity contribution in [2.45, 2.75) is 19.8 Å². The number of nitrogens with one attached hydrogen (secondary N) is 2. The number of amides is 2. The summed E-state index contributed by atoms with van der Waals surface area (Å²) in [6, 6.07) is 24.7. The van der Waals surface area contributed by atoms with Gasteiger partial charge in [0.25, 0.3) is 11.8 Å². The number of carbonyl (C=O) groups is 2. The Hall–Kier alpha value is -3.60. The van der Waals surface area contributed by atoms with Gasteiger partial charge in [0.1, 0.15) is 5.75 Å². The summed E-state index contributed by atoms with van der Waals surface area (Å²) in [5, 5.41) is 0. The van der Waals surface area contributed by atoms with E-state index in [4.69, 9.17) is 4.74 Å². The molecule has 0 aliphatic rings. The maximum atomic E-state index is 12.2. The smallest absolute Gasteiger partial charge is 0.276 e. The highest BCUT2D eigenvalue weighted by molar-refractivity contribution is 5.95. The van der Waals surface area contributed by atoms with Gasteiger partial charge in [-0.3, -0.25) is 20.4 Å². The van der Waals surface area contributed by atoms with Crippen LogP contribution in [0.4, 0.5) is 0 Å². The first-order valence-electron chi connectivity index (χ1n) is 9.51. The van der Waals surface area contributed by atoms with E-state index in [9.17, 15) is 9.59 Å². The first kappa shape index (κ1) is 20.1. The second-order valence-corrected chi connectivity index (χ2v) is 6.93. The molecule has 0 bridgehead atoms. The van der Waals surface area contributed by atoms with Gasteiger partial charge in [-0.05, 0) is 40.8 Å². The van der Waals surface area contributed by atoms with Crippen LogP contribution in [-0.4, -0.2) is 18.4 Å². The van der Waals surface area contributed by atoms with Crippen molar-refractivity contribution >= 4 is 11.8 Å². The second-order valence-electron chi connectivity index (χ2n) is 6.93. The van der Waals surface area contributed by atoms with Crippen LogP contribution >= 0.6 is 0 Å². The molecule has 0 spiro atoms. The molecule has 0 unspecified atom stereocenters. The van der Waals surface area contributed by atoms with E-state index >= 15 is 0 Å². The van der Waals surface area contributed by atoms with Gasteiger partial charge in [0, 0.05) is 5.56 Å². The Morgan fingerprint density at radius 3 is 2.10 bits per heavy atom. The number of hydrazine groups is 1. The molecule has 0 aromatic heterocycles. The van der Waals surface area contributed by atoms with E-state index in [1.54, 1.807) is 12.1 Å². The fraction of sp³-hybridized carbons (Fsp3) is 0.167. The Balaban J connectivity index is 1.51. The van der Waals surface area contributed by atoms with Crippen LogP contribution in [0.2, 0.25) is 0 Å². The zero-order chi connectivity index (χ0) is 20.6. The fourth-order valence-electron chi connectivity index (χ4n) is 2.91. The molecule has 3 aromatic carbocycles. The summed E-state index contributed by atoms with van der Waals surface area (Å²) in [7, 11) is 0. The van der Waals surface area contributed by atoms with E-state index < -0.39 is 5.91 Å². The maximum Gasteiger partial charge on any atom is 0.276 e. The van der Waals surface area contributed by atoms with Crippen molar-refractivity contribution in [3.8, 4) is 16.9 Å². The molecule has 5 heteroatoms. The van der Waals surface area contributed by atoms with Crippen molar-refractivity contribution in [1.82, 2.24) is 10.9 Å². The third-order valence-electron chi connectivity index (χ3n) is 4.47. The molecule has 29 heavy (non-hydrogen) atoms. The second kappa shape index (κ2) is 9.55. The Kier molecular flexibility index (Phi) is 6.63. The molecule has 148 valence electrons. The average Bonchev–Trinajstić information content (AvgIpc) is 2.77. The predicted octanol–water partition coefficient (Wildman–Crippen LogP) is 4.32. The quantitative estimate of drug-likeness (QED) is 0.618. The number of rotatable bonds is 6. The highest BCUT2D eigenvalue weighted by Gasteiger charge is 2.11. The minimum Gasteiger partial charge on any atom is -0.483 e. The van der Waals surface area contributed by atoms with Crippen LogP contribution in [0.5, 0.6) is 5.75 Å². The van der Waals surface area contributed by atoms with Crippen molar-refractivity contribution < 1.29 is 14.3 Å². The summed E-state index contributed by atoms with van der Waals surface area (Å²) in [4.78, 5) is 24.3. The van der Waals surface area contributed by atoms with Crippen molar-refractivity contribution in [3.05, 3.63) is 90.0 Å². The molecule has 0 saturated heterocycles. The van der Waals surface area contributed by atoms with E-state index in [1.165, 1.54) is 0 Å². The molecule has 2 amide bonds. The SMILES string of the molecule is CC(C)c1ccccc1OCC(=O)NNC(=O)c1ccc(-c2ccccc2)cc1. The summed E-state index contributed by atoms with van der Waals surface area (Å²) in [6.45, 7) is 3.94. The predicted molar refractivity (Wildman–Crippen MR) is 114 cm³/mol. The Labute approximate surface area is 170 Å². The monoisotopic (exact) mass is 388 g/mol. The number of hydrogen-bond acceptors (Lipinski definition) is 3. The van der Waals surface area contributed by atoms with Crippen LogP contribution in [0.3, 0.4) is 0 Å². The summed E-state index contributed by atoms with van der Waals surface area (Å²) in [5.41, 5.74) is 8.37. The van der Waals surface area contributed by atoms with E-state index in [0.29, 0.717) is 11.3 Å². The van der Waals surface area contributed by atoms with Gasteiger partial charge in [0.15, 0.2) is 6.61 Å². The maximum absolute atomic E-state index is 12.2. The number of carbonyl (C=O) groups excluding carboxylic acids is 2. The third kappa shape index (κ3) is 5.45. The molecule has 2 N–H and O–H groups in total. The summed E-state index contributed by atoms with van der Waals surface area (Å²) in [6.07, 6.45) is 0. The molecular weight excluding hydrogens is 364 g/mol. The van der Waals surface area contributed by atoms with E-state index in [-0.39, 0.29) is 18.4 Å². The molecule has 3 aromatic rings. The van der Waals surface area contributed by atoms with Crippen LogP contribution in [-0.2, 0) is 4.79 Å². The molecule has 0 aliphatic heterocycles. The summed E-state index contributed by atoms with van der Waals surface area (Å²) < 4.78 is 5.60. The van der Waals surface area contributed by atoms with Crippen molar-refractivity contribution in [2.24, 2.45) is 0 Å². The van der Waals surface area contributed by atoms with E-state index in [0.717, 1.165) is 16.7 Å². The molecule has 0 fully saturated rings. The van der Waals surface area contributed by atoms with Gasteiger partial charge in [0.05, 0.1) is 0 Å². The molecule has 0 aliphatic carbocycles. The molecule has 0 saturated carbocycles. The fourth-order valence-corrected chi connectivity index (χ4v) is 2.91. The lowest BCUT2D eigenvalue weighted by Gasteiger charge is -2.14. The van der Waals surface area contributed by atoms with Gasteiger partial charge in [-0.15, -0.1) is 0 Å². The van der Waals surface area contributed by atoms with Gasteiger partial charge in [0.2, 0.25) is 0 Å². The molecular formula is C24H24N2O3. The highest BCUT2D eigenvalue weighted by Crippen LogP contribution is 2.25. The van der Waals surface area contributed by atoms with Gasteiger partial charge < -0.3 is 4.74 Å². The number of para-hydroxylation sites is 1. The van der Waals surface area contributed by atoms with Gasteiger partial charge in [-0.2, -0.15) is 0 Å². The number of hydrogen-bond donors (Lipinski definition) is 2. The molecule has 0 radical (unpaired) electrons. The molecule has 5 nitrogen and oxygen atoms in total. The summed E-state index contributed by atoms with van der Waals surface area (Å²) in [5.74, 6) is 0.131. The lowest BCUT2D eigenvalue weighted by molar-refractivity contribution is -0.123. The van der Waals surface area contributed by atoms with Gasteiger partial charge in [-0.1, -0.05) is 74.5 Å². The Morgan fingerprint density at radius 2 is 1.41 bits per heavy atom. The summed E-state index contributed by atoms with van der Waals surface area (Å²) >= 11 is 0. The van der Waals surface area contributed by atoms with Crippen LogP contribution in [0.25, 0.3) is 11.1 Å². The Bertz CT molecular complexity index is 967. The minimum absolute atomic E-state index is 0.184. The largest absolute Gasteiger partial charge is 0.483 e. The average molecular weight is 388 g/mol. The molecule has 3 rings (SSSR count).